The lowest BCUT2D eigenvalue weighted by atomic mass is 10.1. The molecular weight excluding hydrogens is 370 g/mol. The van der Waals surface area contributed by atoms with Gasteiger partial charge >= 0.3 is 0 Å². The molecule has 152 valence electrons. The van der Waals surface area contributed by atoms with E-state index in [0.717, 1.165) is 29.5 Å². The van der Waals surface area contributed by atoms with Crippen molar-refractivity contribution in [1.82, 2.24) is 15.2 Å². The number of hydrogen-bond donors (Lipinski definition) is 1. The third kappa shape index (κ3) is 4.35. The van der Waals surface area contributed by atoms with E-state index in [4.69, 9.17) is 13.9 Å². The Balaban J connectivity index is 1.40. The molecule has 1 saturated heterocycles. The number of carbonyl (C=O) groups is 1. The van der Waals surface area contributed by atoms with Crippen LogP contribution < -0.4 is 14.8 Å². The molecule has 7 heteroatoms. The summed E-state index contributed by atoms with van der Waals surface area (Å²) in [5, 5.41) is 5.53. The number of rotatable bonds is 6. The minimum Gasteiger partial charge on any atom is -0.497 e. The summed E-state index contributed by atoms with van der Waals surface area (Å²) in [6.45, 7) is 4.43. The van der Waals surface area contributed by atoms with E-state index in [0.29, 0.717) is 36.5 Å². The minimum atomic E-state index is -0.0993. The summed E-state index contributed by atoms with van der Waals surface area (Å²) in [5.74, 6) is 1.77. The molecule has 1 aliphatic rings. The van der Waals surface area contributed by atoms with Gasteiger partial charge in [-0.1, -0.05) is 19.1 Å². The minimum absolute atomic E-state index is 0.0993. The number of piperazine rings is 1. The third-order valence-corrected chi connectivity index (χ3v) is 5.19. The molecule has 1 aliphatic heterocycles. The molecular formula is C22H25N3O4. The molecule has 0 aliphatic carbocycles. The average molecular weight is 395 g/mol. The molecule has 0 unspecified atom stereocenters. The molecule has 3 aromatic rings. The molecule has 29 heavy (non-hydrogen) atoms. The average Bonchev–Trinajstić information content (AvgIpc) is 3.25. The van der Waals surface area contributed by atoms with Crippen LogP contribution in [0.3, 0.4) is 0 Å². The Bertz CT molecular complexity index is 1000. The lowest BCUT2D eigenvalue weighted by molar-refractivity contribution is 0.0695. The summed E-state index contributed by atoms with van der Waals surface area (Å²) in [6, 6.07) is 12.0. The Morgan fingerprint density at radius 2 is 2.03 bits per heavy atom. The maximum absolute atomic E-state index is 12.7. The number of carbonyl (C=O) groups excluding carboxylic acids is 1. The number of fused-ring (bicyclic) bond motifs is 1. The molecule has 2 heterocycles. The number of hydrogen-bond acceptors (Lipinski definition) is 6. The first-order valence-electron chi connectivity index (χ1n) is 9.84. The van der Waals surface area contributed by atoms with Gasteiger partial charge in [-0.25, -0.2) is 4.98 Å². The number of ether oxygens (including phenoxy) is 2. The summed E-state index contributed by atoms with van der Waals surface area (Å²) in [4.78, 5) is 18.8. The van der Waals surface area contributed by atoms with Gasteiger partial charge in [-0.15, -0.1) is 0 Å². The zero-order valence-electron chi connectivity index (χ0n) is 16.7. The summed E-state index contributed by atoms with van der Waals surface area (Å²) in [6.07, 6.45) is 2.40. The molecule has 0 bridgehead atoms. The van der Waals surface area contributed by atoms with Crippen molar-refractivity contribution in [3.8, 4) is 11.5 Å². The van der Waals surface area contributed by atoms with Crippen molar-refractivity contribution in [3.63, 3.8) is 0 Å². The van der Waals surface area contributed by atoms with Gasteiger partial charge in [0, 0.05) is 25.7 Å². The highest BCUT2D eigenvalue weighted by Crippen LogP contribution is 2.25. The lowest BCUT2D eigenvalue weighted by Gasteiger charge is -2.32. The van der Waals surface area contributed by atoms with E-state index in [1.165, 1.54) is 6.26 Å². The first kappa shape index (κ1) is 19.3. The molecule has 7 nitrogen and oxygen atoms in total. The van der Waals surface area contributed by atoms with E-state index in [1.807, 2.05) is 41.3 Å². The topological polar surface area (TPSA) is 76.8 Å². The van der Waals surface area contributed by atoms with Crippen molar-refractivity contribution in [3.05, 3.63) is 54.2 Å². The maximum atomic E-state index is 12.7. The molecule has 1 fully saturated rings. The predicted molar refractivity (Wildman–Crippen MR) is 109 cm³/mol. The molecule has 1 amide bonds. The smallest absolute Gasteiger partial charge is 0.275 e. The van der Waals surface area contributed by atoms with Crippen LogP contribution >= 0.6 is 0 Å². The molecule has 0 saturated carbocycles. The van der Waals surface area contributed by atoms with Crippen LogP contribution in [0.2, 0.25) is 0 Å². The van der Waals surface area contributed by atoms with E-state index in [9.17, 15) is 4.79 Å². The van der Waals surface area contributed by atoms with Gasteiger partial charge in [0.1, 0.15) is 17.8 Å². The Morgan fingerprint density at radius 3 is 2.83 bits per heavy atom. The first-order valence-corrected chi connectivity index (χ1v) is 9.84. The monoisotopic (exact) mass is 395 g/mol. The van der Waals surface area contributed by atoms with Gasteiger partial charge in [-0.2, -0.15) is 0 Å². The third-order valence-electron chi connectivity index (χ3n) is 5.19. The highest BCUT2D eigenvalue weighted by atomic mass is 16.5. The van der Waals surface area contributed by atoms with Crippen LogP contribution in [-0.4, -0.2) is 48.6 Å². The van der Waals surface area contributed by atoms with Gasteiger partial charge in [-0.3, -0.25) is 4.79 Å². The second kappa shape index (κ2) is 8.53. The summed E-state index contributed by atoms with van der Waals surface area (Å²) in [5.41, 5.74) is 0.323. The largest absolute Gasteiger partial charge is 0.497 e. The van der Waals surface area contributed by atoms with Crippen molar-refractivity contribution < 1.29 is 18.7 Å². The zero-order valence-corrected chi connectivity index (χ0v) is 16.7. The second-order valence-electron chi connectivity index (χ2n) is 7.10. The number of methoxy groups -OCH3 is 1. The van der Waals surface area contributed by atoms with Crippen LogP contribution in [0.25, 0.3) is 10.8 Å². The lowest BCUT2D eigenvalue weighted by Crippen LogP contribution is -2.52. The standard InChI is InChI=1S/C22H25N3O4/c1-3-17-12-25(9-8-23-17)22(26)20-13-29-21(24-20)14-28-19-7-5-15-4-6-18(27-2)10-16(15)11-19/h4-7,10-11,13,17,23H,3,8-9,12,14H2,1-2H3/t17-/m0/s1. The Kier molecular flexibility index (Phi) is 5.67. The molecule has 4 rings (SSSR count). The van der Waals surface area contributed by atoms with Crippen LogP contribution in [0.5, 0.6) is 11.5 Å². The molecule has 0 radical (unpaired) electrons. The van der Waals surface area contributed by atoms with Crippen molar-refractivity contribution in [1.29, 1.82) is 0 Å². The van der Waals surface area contributed by atoms with Crippen LogP contribution in [0.4, 0.5) is 0 Å². The fourth-order valence-electron chi connectivity index (χ4n) is 3.49. The van der Waals surface area contributed by atoms with Gasteiger partial charge < -0.3 is 24.1 Å². The fraction of sp³-hybridized carbons (Fsp3) is 0.364. The SMILES string of the molecule is CC[C@H]1CN(C(=O)c2coc(COc3ccc4ccc(OC)cc4c3)n2)CCN1. The number of amides is 1. The number of nitrogens with one attached hydrogen (secondary N) is 1. The number of benzene rings is 2. The van der Waals surface area contributed by atoms with Crippen LogP contribution in [0, 0.1) is 0 Å². The quantitative estimate of drug-likeness (QED) is 0.691. The number of oxazole rings is 1. The van der Waals surface area contributed by atoms with Crippen LogP contribution in [-0.2, 0) is 6.61 Å². The number of aromatic nitrogens is 1. The molecule has 1 aromatic heterocycles. The summed E-state index contributed by atoms with van der Waals surface area (Å²) >= 11 is 0. The fourth-order valence-corrected chi connectivity index (χ4v) is 3.49. The van der Waals surface area contributed by atoms with Gasteiger partial charge in [0.2, 0.25) is 5.89 Å². The molecule has 0 spiro atoms. The van der Waals surface area contributed by atoms with Crippen LogP contribution in [0.1, 0.15) is 29.7 Å². The molecule has 2 aromatic carbocycles. The van der Waals surface area contributed by atoms with Gasteiger partial charge in [-0.05, 0) is 41.5 Å². The first-order chi connectivity index (χ1) is 14.2. The Labute approximate surface area is 169 Å². The van der Waals surface area contributed by atoms with E-state index >= 15 is 0 Å². The van der Waals surface area contributed by atoms with Crippen molar-refractivity contribution in [2.24, 2.45) is 0 Å². The molecule has 1 N–H and O–H groups in total. The number of nitrogens with zero attached hydrogens (tertiary/aromatic N) is 2. The zero-order chi connectivity index (χ0) is 20.2. The highest BCUT2D eigenvalue weighted by Gasteiger charge is 2.25. The van der Waals surface area contributed by atoms with Gasteiger partial charge in [0.05, 0.1) is 7.11 Å². The maximum Gasteiger partial charge on any atom is 0.275 e. The van der Waals surface area contributed by atoms with Crippen molar-refractivity contribution >= 4 is 16.7 Å². The Hall–Kier alpha value is -3.06. The summed E-state index contributed by atoms with van der Waals surface area (Å²) in [7, 11) is 1.64. The van der Waals surface area contributed by atoms with Gasteiger partial charge in [0.25, 0.3) is 5.91 Å². The highest BCUT2D eigenvalue weighted by molar-refractivity contribution is 5.92. The van der Waals surface area contributed by atoms with E-state index in [-0.39, 0.29) is 12.5 Å². The van der Waals surface area contributed by atoms with Crippen molar-refractivity contribution in [2.75, 3.05) is 26.7 Å². The van der Waals surface area contributed by atoms with E-state index in [1.54, 1.807) is 7.11 Å². The second-order valence-corrected chi connectivity index (χ2v) is 7.10. The molecule has 1 atom stereocenters. The van der Waals surface area contributed by atoms with E-state index < -0.39 is 0 Å². The van der Waals surface area contributed by atoms with Crippen molar-refractivity contribution in [2.45, 2.75) is 26.0 Å². The normalized spacial score (nSPS) is 16.8. The predicted octanol–water partition coefficient (Wildman–Crippen LogP) is 3.24. The Morgan fingerprint density at radius 1 is 1.24 bits per heavy atom. The van der Waals surface area contributed by atoms with E-state index in [2.05, 4.69) is 17.2 Å². The summed E-state index contributed by atoms with van der Waals surface area (Å²) < 4.78 is 16.5. The van der Waals surface area contributed by atoms with Crippen LogP contribution in [0.15, 0.2) is 47.1 Å². The van der Waals surface area contributed by atoms with Gasteiger partial charge in [0.15, 0.2) is 12.3 Å².